The lowest BCUT2D eigenvalue weighted by Crippen LogP contribution is -2.41. The van der Waals surface area contributed by atoms with Crippen LogP contribution in [0.5, 0.6) is 0 Å². The standard InChI is InChI=1S/C16H28N2/c1-16(2,3)12-15(13-17)18(4)11-10-14-8-6-5-7-9-14/h5-9,15H,10-13,17H2,1-4H3. The number of hydrogen-bond acceptors (Lipinski definition) is 2. The van der Waals surface area contributed by atoms with Crippen LogP contribution in [0.2, 0.25) is 0 Å². The first-order valence-corrected chi connectivity index (χ1v) is 6.86. The molecular formula is C16H28N2. The smallest absolute Gasteiger partial charge is 0.0220 e. The summed E-state index contributed by atoms with van der Waals surface area (Å²) < 4.78 is 0. The molecule has 0 spiro atoms. The van der Waals surface area contributed by atoms with Crippen molar-refractivity contribution in [1.82, 2.24) is 4.90 Å². The topological polar surface area (TPSA) is 29.3 Å². The molecule has 0 aliphatic heterocycles. The number of hydrogen-bond donors (Lipinski definition) is 1. The summed E-state index contributed by atoms with van der Waals surface area (Å²) in [7, 11) is 2.19. The van der Waals surface area contributed by atoms with Gasteiger partial charge in [-0.3, -0.25) is 0 Å². The number of benzene rings is 1. The molecule has 2 heteroatoms. The van der Waals surface area contributed by atoms with Crippen molar-refractivity contribution in [2.75, 3.05) is 20.1 Å². The molecule has 0 amide bonds. The minimum Gasteiger partial charge on any atom is -0.329 e. The van der Waals surface area contributed by atoms with Crippen LogP contribution < -0.4 is 5.73 Å². The van der Waals surface area contributed by atoms with E-state index >= 15 is 0 Å². The number of nitrogens with zero attached hydrogens (tertiary/aromatic N) is 1. The van der Waals surface area contributed by atoms with Gasteiger partial charge in [0.1, 0.15) is 0 Å². The predicted molar refractivity (Wildman–Crippen MR) is 79.7 cm³/mol. The zero-order valence-electron chi connectivity index (χ0n) is 12.3. The van der Waals surface area contributed by atoms with Gasteiger partial charge in [0, 0.05) is 19.1 Å². The maximum absolute atomic E-state index is 5.91. The molecule has 1 rings (SSSR count). The molecule has 2 nitrogen and oxygen atoms in total. The van der Waals surface area contributed by atoms with Gasteiger partial charge in [-0.15, -0.1) is 0 Å². The lowest BCUT2D eigenvalue weighted by atomic mass is 9.87. The zero-order chi connectivity index (χ0) is 13.6. The van der Waals surface area contributed by atoms with Crippen molar-refractivity contribution in [1.29, 1.82) is 0 Å². The van der Waals surface area contributed by atoms with Gasteiger partial charge in [-0.05, 0) is 30.9 Å². The first kappa shape index (κ1) is 15.2. The highest BCUT2D eigenvalue weighted by Crippen LogP contribution is 2.22. The van der Waals surface area contributed by atoms with Crippen LogP contribution in [0.1, 0.15) is 32.8 Å². The van der Waals surface area contributed by atoms with Crippen molar-refractivity contribution in [2.45, 2.75) is 39.7 Å². The first-order chi connectivity index (χ1) is 8.42. The van der Waals surface area contributed by atoms with Crippen LogP contribution in [0.15, 0.2) is 30.3 Å². The fourth-order valence-corrected chi connectivity index (χ4v) is 2.26. The van der Waals surface area contributed by atoms with Crippen molar-refractivity contribution < 1.29 is 0 Å². The Balaban J connectivity index is 2.45. The van der Waals surface area contributed by atoms with Crippen LogP contribution in [-0.4, -0.2) is 31.1 Å². The van der Waals surface area contributed by atoms with Gasteiger partial charge >= 0.3 is 0 Å². The van der Waals surface area contributed by atoms with Crippen molar-refractivity contribution in [2.24, 2.45) is 11.1 Å². The Hall–Kier alpha value is -0.860. The van der Waals surface area contributed by atoms with Gasteiger partial charge < -0.3 is 10.6 Å². The minimum atomic E-state index is 0.338. The maximum Gasteiger partial charge on any atom is 0.0220 e. The van der Waals surface area contributed by atoms with E-state index in [1.807, 2.05) is 0 Å². The van der Waals surface area contributed by atoms with E-state index < -0.39 is 0 Å². The number of rotatable bonds is 6. The molecule has 2 N–H and O–H groups in total. The lowest BCUT2D eigenvalue weighted by Gasteiger charge is -2.32. The molecule has 18 heavy (non-hydrogen) atoms. The van der Waals surface area contributed by atoms with Crippen molar-refractivity contribution >= 4 is 0 Å². The molecule has 0 radical (unpaired) electrons. The maximum atomic E-state index is 5.91. The molecule has 0 aliphatic rings. The molecule has 0 fully saturated rings. The number of likely N-dealkylation sites (N-methyl/N-ethyl adjacent to an activating group) is 1. The second-order valence-electron chi connectivity index (χ2n) is 6.37. The quantitative estimate of drug-likeness (QED) is 0.838. The Morgan fingerprint density at radius 3 is 2.28 bits per heavy atom. The summed E-state index contributed by atoms with van der Waals surface area (Å²) in [5.74, 6) is 0. The Labute approximate surface area is 112 Å². The van der Waals surface area contributed by atoms with E-state index in [0.29, 0.717) is 11.5 Å². The molecule has 0 saturated carbocycles. The predicted octanol–water partition coefficient (Wildman–Crippen LogP) is 2.92. The third-order valence-corrected chi connectivity index (χ3v) is 3.34. The highest BCUT2D eigenvalue weighted by molar-refractivity contribution is 5.14. The van der Waals surface area contributed by atoms with E-state index in [-0.39, 0.29) is 0 Å². The van der Waals surface area contributed by atoms with E-state index in [0.717, 1.165) is 25.9 Å². The molecular weight excluding hydrogens is 220 g/mol. The van der Waals surface area contributed by atoms with Crippen molar-refractivity contribution in [3.63, 3.8) is 0 Å². The average Bonchev–Trinajstić information content (AvgIpc) is 2.33. The molecule has 0 aliphatic carbocycles. The summed E-state index contributed by atoms with van der Waals surface area (Å²) in [6.45, 7) is 8.65. The Kier molecular flexibility index (Phi) is 5.83. The van der Waals surface area contributed by atoms with Crippen molar-refractivity contribution in [3.8, 4) is 0 Å². The summed E-state index contributed by atoms with van der Waals surface area (Å²) >= 11 is 0. The van der Waals surface area contributed by atoms with Crippen LogP contribution in [0, 0.1) is 5.41 Å². The van der Waals surface area contributed by atoms with Gasteiger partial charge in [-0.25, -0.2) is 0 Å². The van der Waals surface area contributed by atoms with E-state index in [4.69, 9.17) is 5.73 Å². The third-order valence-electron chi connectivity index (χ3n) is 3.34. The van der Waals surface area contributed by atoms with E-state index in [1.165, 1.54) is 5.56 Å². The van der Waals surface area contributed by atoms with Crippen LogP contribution in [-0.2, 0) is 6.42 Å². The normalized spacial score (nSPS) is 13.9. The van der Waals surface area contributed by atoms with Gasteiger partial charge in [0.05, 0.1) is 0 Å². The monoisotopic (exact) mass is 248 g/mol. The van der Waals surface area contributed by atoms with Crippen LogP contribution in [0.4, 0.5) is 0 Å². The summed E-state index contributed by atoms with van der Waals surface area (Å²) in [6, 6.07) is 11.1. The SMILES string of the molecule is CN(CCc1ccccc1)C(CN)CC(C)(C)C. The van der Waals surface area contributed by atoms with Crippen molar-refractivity contribution in [3.05, 3.63) is 35.9 Å². The highest BCUT2D eigenvalue weighted by Gasteiger charge is 2.20. The molecule has 0 bridgehead atoms. The molecule has 102 valence electrons. The zero-order valence-corrected chi connectivity index (χ0v) is 12.3. The van der Waals surface area contributed by atoms with Gasteiger partial charge in [0.2, 0.25) is 0 Å². The van der Waals surface area contributed by atoms with Crippen LogP contribution >= 0.6 is 0 Å². The largest absolute Gasteiger partial charge is 0.329 e. The molecule has 1 atom stereocenters. The molecule has 1 aromatic carbocycles. The molecule has 0 aromatic heterocycles. The number of nitrogens with two attached hydrogens (primary N) is 1. The summed E-state index contributed by atoms with van der Waals surface area (Å²) in [5, 5.41) is 0. The first-order valence-electron chi connectivity index (χ1n) is 6.86. The van der Waals surface area contributed by atoms with E-state index in [9.17, 15) is 0 Å². The summed E-state index contributed by atoms with van der Waals surface area (Å²) in [6.07, 6.45) is 2.24. The van der Waals surface area contributed by atoms with E-state index in [2.05, 4.69) is 63.1 Å². The second-order valence-corrected chi connectivity index (χ2v) is 6.37. The Morgan fingerprint density at radius 1 is 1.17 bits per heavy atom. The lowest BCUT2D eigenvalue weighted by molar-refractivity contribution is 0.185. The molecule has 1 aromatic rings. The highest BCUT2D eigenvalue weighted by atomic mass is 15.1. The Bertz CT molecular complexity index is 327. The van der Waals surface area contributed by atoms with Gasteiger partial charge in [0.25, 0.3) is 0 Å². The molecule has 0 saturated heterocycles. The average molecular weight is 248 g/mol. The minimum absolute atomic E-state index is 0.338. The Morgan fingerprint density at radius 2 is 1.78 bits per heavy atom. The fourth-order valence-electron chi connectivity index (χ4n) is 2.26. The van der Waals surface area contributed by atoms with Crippen LogP contribution in [0.25, 0.3) is 0 Å². The molecule has 1 unspecified atom stereocenters. The summed E-state index contributed by atoms with van der Waals surface area (Å²) in [5.41, 5.74) is 7.65. The summed E-state index contributed by atoms with van der Waals surface area (Å²) in [4.78, 5) is 2.40. The fraction of sp³-hybridized carbons (Fsp3) is 0.625. The molecule has 0 heterocycles. The van der Waals surface area contributed by atoms with Gasteiger partial charge in [-0.2, -0.15) is 0 Å². The second kappa shape index (κ2) is 6.91. The third kappa shape index (κ3) is 5.65. The van der Waals surface area contributed by atoms with E-state index in [1.54, 1.807) is 0 Å². The van der Waals surface area contributed by atoms with Gasteiger partial charge in [0.15, 0.2) is 0 Å². The van der Waals surface area contributed by atoms with Crippen LogP contribution in [0.3, 0.4) is 0 Å². The van der Waals surface area contributed by atoms with Gasteiger partial charge in [-0.1, -0.05) is 51.1 Å².